The van der Waals surface area contributed by atoms with Crippen molar-refractivity contribution in [3.8, 4) is 5.75 Å². The first-order chi connectivity index (χ1) is 7.95. The van der Waals surface area contributed by atoms with Crippen LogP contribution in [0.1, 0.15) is 25.8 Å². The second-order valence-electron chi connectivity index (χ2n) is 5.42. The largest absolute Gasteiger partial charge is 0.490 e. The van der Waals surface area contributed by atoms with E-state index in [1.807, 2.05) is 13.1 Å². The van der Waals surface area contributed by atoms with Gasteiger partial charge in [-0.2, -0.15) is 0 Å². The molecule has 3 heteroatoms. The number of rotatable bonds is 3. The summed E-state index contributed by atoms with van der Waals surface area (Å²) in [7, 11) is 1.97. The van der Waals surface area contributed by atoms with Crippen LogP contribution in [-0.4, -0.2) is 19.2 Å². The van der Waals surface area contributed by atoms with Crippen molar-refractivity contribution in [1.29, 1.82) is 0 Å². The predicted octanol–water partition coefficient (Wildman–Crippen LogP) is 2.90. The van der Waals surface area contributed by atoms with Crippen LogP contribution in [0.3, 0.4) is 0 Å². The number of ether oxygens (including phenoxy) is 1. The molecule has 2 unspecified atom stereocenters. The highest BCUT2D eigenvalue weighted by Gasteiger charge is 2.49. The van der Waals surface area contributed by atoms with Crippen LogP contribution in [0, 0.1) is 18.2 Å². The zero-order valence-electron chi connectivity index (χ0n) is 10.9. The van der Waals surface area contributed by atoms with Crippen molar-refractivity contribution in [3.05, 3.63) is 29.6 Å². The highest BCUT2D eigenvalue weighted by atomic mass is 19.1. The molecule has 0 spiro atoms. The van der Waals surface area contributed by atoms with Crippen molar-refractivity contribution >= 4 is 0 Å². The lowest BCUT2D eigenvalue weighted by Crippen LogP contribution is -2.61. The molecule has 2 atom stereocenters. The lowest BCUT2D eigenvalue weighted by atomic mass is 9.64. The Labute approximate surface area is 102 Å². The molecule has 94 valence electrons. The molecule has 0 heterocycles. The van der Waals surface area contributed by atoms with Gasteiger partial charge in [-0.3, -0.25) is 0 Å². The Morgan fingerprint density at radius 1 is 1.41 bits per heavy atom. The summed E-state index contributed by atoms with van der Waals surface area (Å²) < 4.78 is 19.2. The third kappa shape index (κ3) is 2.16. The van der Waals surface area contributed by atoms with Gasteiger partial charge < -0.3 is 10.1 Å². The Bertz CT molecular complexity index is 417. The highest BCUT2D eigenvalue weighted by molar-refractivity contribution is 5.28. The quantitative estimate of drug-likeness (QED) is 0.872. The smallest absolute Gasteiger partial charge is 0.129 e. The summed E-state index contributed by atoms with van der Waals surface area (Å²) in [4.78, 5) is 0. The van der Waals surface area contributed by atoms with Crippen LogP contribution in [0.25, 0.3) is 0 Å². The molecule has 1 aromatic carbocycles. The number of hydrogen-bond donors (Lipinski definition) is 1. The molecule has 1 aromatic rings. The van der Waals surface area contributed by atoms with Gasteiger partial charge in [0.15, 0.2) is 0 Å². The van der Waals surface area contributed by atoms with Crippen molar-refractivity contribution in [3.63, 3.8) is 0 Å². The second kappa shape index (κ2) is 4.30. The normalized spacial score (nSPS) is 26.4. The van der Waals surface area contributed by atoms with Gasteiger partial charge in [0, 0.05) is 23.9 Å². The number of aryl methyl sites for hydroxylation is 1. The van der Waals surface area contributed by atoms with Gasteiger partial charge in [0.05, 0.1) is 0 Å². The summed E-state index contributed by atoms with van der Waals surface area (Å²) in [6.07, 6.45) is 1.13. The molecule has 0 aliphatic heterocycles. The molecule has 1 aliphatic rings. The van der Waals surface area contributed by atoms with Gasteiger partial charge in [0.1, 0.15) is 17.7 Å². The first-order valence-electron chi connectivity index (χ1n) is 6.05. The van der Waals surface area contributed by atoms with E-state index < -0.39 is 0 Å². The second-order valence-corrected chi connectivity index (χ2v) is 5.42. The lowest BCUT2D eigenvalue weighted by Gasteiger charge is -2.51. The summed E-state index contributed by atoms with van der Waals surface area (Å²) in [5.74, 6) is 0.422. The van der Waals surface area contributed by atoms with E-state index >= 15 is 0 Å². The van der Waals surface area contributed by atoms with Crippen LogP contribution in [-0.2, 0) is 0 Å². The van der Waals surface area contributed by atoms with Crippen LogP contribution in [0.2, 0.25) is 0 Å². The van der Waals surface area contributed by atoms with Crippen LogP contribution < -0.4 is 10.1 Å². The van der Waals surface area contributed by atoms with Crippen LogP contribution in [0.4, 0.5) is 4.39 Å². The van der Waals surface area contributed by atoms with E-state index in [4.69, 9.17) is 4.74 Å². The van der Waals surface area contributed by atoms with Gasteiger partial charge >= 0.3 is 0 Å². The fraction of sp³-hybridized carbons (Fsp3) is 0.571. The first kappa shape index (κ1) is 12.4. The Morgan fingerprint density at radius 2 is 2.12 bits per heavy atom. The first-order valence-corrected chi connectivity index (χ1v) is 6.05. The van der Waals surface area contributed by atoms with Crippen molar-refractivity contribution in [2.45, 2.75) is 39.3 Å². The molecule has 1 fully saturated rings. The Hall–Kier alpha value is -1.09. The van der Waals surface area contributed by atoms with Gasteiger partial charge in [0.2, 0.25) is 0 Å². The van der Waals surface area contributed by atoms with Crippen molar-refractivity contribution in [2.24, 2.45) is 5.41 Å². The standard InChI is InChI=1S/C14H20FNO/c1-9-5-6-10(7-11(9)15)17-13-8-12(16-4)14(13,2)3/h5-7,12-13,16H,8H2,1-4H3. The van der Waals surface area contributed by atoms with Gasteiger partial charge in [-0.25, -0.2) is 4.39 Å². The van der Waals surface area contributed by atoms with Gasteiger partial charge in [-0.05, 0) is 25.6 Å². The maximum Gasteiger partial charge on any atom is 0.129 e. The van der Waals surface area contributed by atoms with Gasteiger partial charge in [-0.15, -0.1) is 0 Å². The zero-order chi connectivity index (χ0) is 12.6. The molecule has 2 nitrogen and oxygen atoms in total. The average molecular weight is 237 g/mol. The molecule has 1 N–H and O–H groups in total. The topological polar surface area (TPSA) is 21.3 Å². The number of halogens is 1. The zero-order valence-corrected chi connectivity index (χ0v) is 10.9. The molecule has 17 heavy (non-hydrogen) atoms. The third-order valence-corrected chi connectivity index (χ3v) is 3.95. The molecule has 0 saturated heterocycles. The van der Waals surface area contributed by atoms with Crippen LogP contribution in [0.15, 0.2) is 18.2 Å². The molecular formula is C14H20FNO. The average Bonchev–Trinajstić information content (AvgIpc) is 2.28. The molecule has 1 saturated carbocycles. The van der Waals surface area contributed by atoms with Crippen LogP contribution in [0.5, 0.6) is 5.75 Å². The minimum atomic E-state index is -0.204. The molecular weight excluding hydrogens is 217 g/mol. The predicted molar refractivity (Wildman–Crippen MR) is 66.8 cm³/mol. The fourth-order valence-electron chi connectivity index (χ4n) is 2.39. The van der Waals surface area contributed by atoms with E-state index in [-0.39, 0.29) is 17.3 Å². The fourth-order valence-corrected chi connectivity index (χ4v) is 2.39. The highest BCUT2D eigenvalue weighted by Crippen LogP contribution is 2.42. The molecule has 1 aliphatic carbocycles. The summed E-state index contributed by atoms with van der Waals surface area (Å²) >= 11 is 0. The molecule has 0 aromatic heterocycles. The maximum atomic E-state index is 13.4. The Kier molecular flexibility index (Phi) is 3.13. The number of hydrogen-bond acceptors (Lipinski definition) is 2. The van der Waals surface area contributed by atoms with Crippen LogP contribution >= 0.6 is 0 Å². The molecule has 2 rings (SSSR count). The van der Waals surface area contributed by atoms with Gasteiger partial charge in [-0.1, -0.05) is 19.9 Å². The van der Waals surface area contributed by atoms with E-state index in [1.54, 1.807) is 13.0 Å². The number of nitrogens with one attached hydrogen (secondary N) is 1. The van der Waals surface area contributed by atoms with Gasteiger partial charge in [0.25, 0.3) is 0 Å². The van der Waals surface area contributed by atoms with E-state index in [0.29, 0.717) is 17.4 Å². The van der Waals surface area contributed by atoms with E-state index in [2.05, 4.69) is 19.2 Å². The minimum Gasteiger partial charge on any atom is -0.490 e. The number of benzene rings is 1. The third-order valence-electron chi connectivity index (χ3n) is 3.95. The maximum absolute atomic E-state index is 13.4. The van der Waals surface area contributed by atoms with E-state index in [0.717, 1.165) is 6.42 Å². The Balaban J connectivity index is 2.05. The summed E-state index contributed by atoms with van der Waals surface area (Å²) in [5.41, 5.74) is 0.745. The summed E-state index contributed by atoms with van der Waals surface area (Å²) in [5, 5.41) is 3.27. The summed E-state index contributed by atoms with van der Waals surface area (Å²) in [6.45, 7) is 6.10. The molecule has 0 amide bonds. The van der Waals surface area contributed by atoms with E-state index in [9.17, 15) is 4.39 Å². The monoisotopic (exact) mass is 237 g/mol. The summed E-state index contributed by atoms with van der Waals surface area (Å²) in [6, 6.07) is 5.54. The van der Waals surface area contributed by atoms with Crippen molar-refractivity contribution in [1.82, 2.24) is 5.32 Å². The van der Waals surface area contributed by atoms with Crippen molar-refractivity contribution in [2.75, 3.05) is 7.05 Å². The lowest BCUT2D eigenvalue weighted by molar-refractivity contribution is -0.0522. The molecule has 0 radical (unpaired) electrons. The minimum absolute atomic E-state index is 0.0934. The van der Waals surface area contributed by atoms with E-state index in [1.165, 1.54) is 6.07 Å². The Morgan fingerprint density at radius 3 is 2.65 bits per heavy atom. The SMILES string of the molecule is CNC1CC(Oc2ccc(C)c(F)c2)C1(C)C. The molecule has 0 bridgehead atoms. The van der Waals surface area contributed by atoms with Crippen molar-refractivity contribution < 1.29 is 9.13 Å².